The molecule has 0 fully saturated rings. The molecule has 0 bridgehead atoms. The van der Waals surface area contributed by atoms with Gasteiger partial charge in [-0.25, -0.2) is 4.98 Å². The first kappa shape index (κ1) is 11.7. The van der Waals surface area contributed by atoms with Crippen molar-refractivity contribution in [2.24, 2.45) is 0 Å². The second kappa shape index (κ2) is 5.06. The molecule has 2 aromatic rings. The molecule has 0 unspecified atom stereocenters. The molecular weight excluding hydrogens is 228 g/mol. The Morgan fingerprint density at radius 2 is 2.11 bits per heavy atom. The molecule has 2 aromatic heterocycles. The summed E-state index contributed by atoms with van der Waals surface area (Å²) in [6.45, 7) is 1.84. The van der Waals surface area contributed by atoms with Gasteiger partial charge in [-0.3, -0.25) is 9.78 Å². The van der Waals surface area contributed by atoms with E-state index in [9.17, 15) is 4.79 Å². The Balaban J connectivity index is 2.25. The monoisotopic (exact) mass is 238 g/mol. The summed E-state index contributed by atoms with van der Waals surface area (Å²) in [4.78, 5) is 19.8. The summed E-state index contributed by atoms with van der Waals surface area (Å²) in [6.07, 6.45) is 4.66. The van der Waals surface area contributed by atoms with Gasteiger partial charge >= 0.3 is 0 Å². The first-order valence-corrected chi connectivity index (χ1v) is 5.29. The van der Waals surface area contributed by atoms with Gasteiger partial charge in [-0.15, -0.1) is 0 Å². The molecule has 0 saturated carbocycles. The Labute approximate surface area is 104 Å². The number of pyridine rings is 2. The minimum absolute atomic E-state index is 0.268. The Morgan fingerprint density at radius 1 is 1.39 bits per heavy atom. The van der Waals surface area contributed by atoms with Crippen molar-refractivity contribution < 1.29 is 4.79 Å². The van der Waals surface area contributed by atoms with Crippen molar-refractivity contribution >= 4 is 11.7 Å². The highest BCUT2D eigenvalue weighted by Gasteiger charge is 2.10. The molecule has 5 heteroatoms. The lowest BCUT2D eigenvalue weighted by Crippen LogP contribution is -2.14. The highest BCUT2D eigenvalue weighted by atomic mass is 16.1. The van der Waals surface area contributed by atoms with E-state index in [2.05, 4.69) is 15.3 Å². The Hall–Kier alpha value is -2.74. The number of nitrogens with zero attached hydrogens (tertiary/aromatic N) is 3. The van der Waals surface area contributed by atoms with E-state index in [1.54, 1.807) is 24.4 Å². The second-order valence-corrected chi connectivity index (χ2v) is 3.71. The number of aryl methyl sites for hydroxylation is 1. The van der Waals surface area contributed by atoms with Crippen molar-refractivity contribution in [3.05, 3.63) is 53.5 Å². The molecule has 0 spiro atoms. The van der Waals surface area contributed by atoms with Gasteiger partial charge < -0.3 is 5.32 Å². The van der Waals surface area contributed by atoms with Crippen LogP contribution in [0.1, 0.15) is 21.5 Å². The lowest BCUT2D eigenvalue weighted by Gasteiger charge is -2.06. The second-order valence-electron chi connectivity index (χ2n) is 3.71. The lowest BCUT2D eigenvalue weighted by atomic mass is 10.2. The maximum atomic E-state index is 11.9. The molecule has 18 heavy (non-hydrogen) atoms. The minimum atomic E-state index is -0.315. The number of anilines is 1. The van der Waals surface area contributed by atoms with Gasteiger partial charge in [0, 0.05) is 24.2 Å². The number of hydrogen-bond donors (Lipinski definition) is 1. The van der Waals surface area contributed by atoms with Crippen molar-refractivity contribution in [2.75, 3.05) is 5.32 Å². The summed E-state index contributed by atoms with van der Waals surface area (Å²) < 4.78 is 0. The zero-order valence-electron chi connectivity index (χ0n) is 9.71. The number of amides is 1. The molecule has 0 radical (unpaired) electrons. The summed E-state index contributed by atoms with van der Waals surface area (Å²) in [6, 6.07) is 6.87. The quantitative estimate of drug-likeness (QED) is 0.866. The lowest BCUT2D eigenvalue weighted by molar-refractivity contribution is 0.102. The number of nitriles is 1. The molecule has 5 nitrogen and oxygen atoms in total. The maximum absolute atomic E-state index is 11.9. The van der Waals surface area contributed by atoms with Crippen LogP contribution in [0.5, 0.6) is 0 Å². The van der Waals surface area contributed by atoms with Gasteiger partial charge in [-0.05, 0) is 30.7 Å². The highest BCUT2D eigenvalue weighted by Crippen LogP contribution is 2.13. The van der Waals surface area contributed by atoms with Crippen LogP contribution in [0, 0.1) is 18.3 Å². The van der Waals surface area contributed by atoms with E-state index in [1.807, 2.05) is 13.0 Å². The van der Waals surface area contributed by atoms with Crippen LogP contribution in [0.3, 0.4) is 0 Å². The summed E-state index contributed by atoms with van der Waals surface area (Å²) in [7, 11) is 0. The molecule has 1 amide bonds. The van der Waals surface area contributed by atoms with Crippen LogP contribution in [-0.2, 0) is 0 Å². The molecule has 2 heterocycles. The SMILES string of the molecule is Cc1cnc(NC(=O)c2ccncc2)c(C#N)c1. The smallest absolute Gasteiger partial charge is 0.256 e. The zero-order valence-corrected chi connectivity index (χ0v) is 9.71. The number of aromatic nitrogens is 2. The van der Waals surface area contributed by atoms with E-state index in [4.69, 9.17) is 5.26 Å². The highest BCUT2D eigenvalue weighted by molar-refractivity contribution is 6.04. The molecule has 0 aliphatic rings. The van der Waals surface area contributed by atoms with E-state index >= 15 is 0 Å². The van der Waals surface area contributed by atoms with Crippen LogP contribution >= 0.6 is 0 Å². The number of nitrogens with one attached hydrogen (secondary N) is 1. The van der Waals surface area contributed by atoms with E-state index in [0.29, 0.717) is 11.1 Å². The molecule has 0 atom stereocenters. The van der Waals surface area contributed by atoms with Gasteiger partial charge in [0.2, 0.25) is 0 Å². The van der Waals surface area contributed by atoms with Gasteiger partial charge in [0.05, 0.1) is 5.56 Å². The Morgan fingerprint density at radius 3 is 2.78 bits per heavy atom. The van der Waals surface area contributed by atoms with E-state index in [-0.39, 0.29) is 11.7 Å². The van der Waals surface area contributed by atoms with Crippen LogP contribution in [0.25, 0.3) is 0 Å². The maximum Gasteiger partial charge on any atom is 0.256 e. The van der Waals surface area contributed by atoms with Gasteiger partial charge in [-0.1, -0.05) is 0 Å². The molecule has 88 valence electrons. The summed E-state index contributed by atoms with van der Waals surface area (Å²) in [5.41, 5.74) is 1.68. The van der Waals surface area contributed by atoms with Crippen LogP contribution in [-0.4, -0.2) is 15.9 Å². The third kappa shape index (κ3) is 2.50. The molecule has 0 aromatic carbocycles. The van der Waals surface area contributed by atoms with Gasteiger partial charge in [0.1, 0.15) is 6.07 Å². The van der Waals surface area contributed by atoms with E-state index in [0.717, 1.165) is 5.56 Å². The van der Waals surface area contributed by atoms with Crippen LogP contribution in [0.2, 0.25) is 0 Å². The molecule has 2 rings (SSSR count). The van der Waals surface area contributed by atoms with E-state index in [1.165, 1.54) is 12.4 Å². The third-order valence-corrected chi connectivity index (χ3v) is 2.32. The predicted molar refractivity (Wildman–Crippen MR) is 65.9 cm³/mol. The third-order valence-electron chi connectivity index (χ3n) is 2.32. The number of carbonyl (C=O) groups is 1. The number of hydrogen-bond acceptors (Lipinski definition) is 4. The average molecular weight is 238 g/mol. The minimum Gasteiger partial charge on any atom is -0.305 e. The zero-order chi connectivity index (χ0) is 13.0. The normalized spacial score (nSPS) is 9.56. The van der Waals surface area contributed by atoms with Gasteiger partial charge in [0.15, 0.2) is 5.82 Å². The fourth-order valence-corrected chi connectivity index (χ4v) is 1.44. The molecule has 0 saturated heterocycles. The fraction of sp³-hybridized carbons (Fsp3) is 0.0769. The molecule has 0 aliphatic carbocycles. The molecule has 1 N–H and O–H groups in total. The molecular formula is C13H10N4O. The largest absolute Gasteiger partial charge is 0.305 e. The first-order valence-electron chi connectivity index (χ1n) is 5.29. The van der Waals surface area contributed by atoms with Crippen LogP contribution in [0.4, 0.5) is 5.82 Å². The average Bonchev–Trinajstić information content (AvgIpc) is 2.41. The standard InChI is InChI=1S/C13H10N4O/c1-9-6-11(7-14)12(16-8-9)17-13(18)10-2-4-15-5-3-10/h2-6,8H,1H3,(H,16,17,18). The summed E-state index contributed by atoms with van der Waals surface area (Å²) in [5, 5.41) is 11.6. The van der Waals surface area contributed by atoms with Crippen LogP contribution in [0.15, 0.2) is 36.8 Å². The van der Waals surface area contributed by atoms with Crippen LogP contribution < -0.4 is 5.32 Å². The Kier molecular flexibility index (Phi) is 3.30. The summed E-state index contributed by atoms with van der Waals surface area (Å²) in [5.74, 6) is -0.0461. The van der Waals surface area contributed by atoms with Gasteiger partial charge in [0.25, 0.3) is 5.91 Å². The summed E-state index contributed by atoms with van der Waals surface area (Å²) >= 11 is 0. The topological polar surface area (TPSA) is 78.7 Å². The van der Waals surface area contributed by atoms with Crippen molar-refractivity contribution in [3.8, 4) is 6.07 Å². The van der Waals surface area contributed by atoms with Gasteiger partial charge in [-0.2, -0.15) is 5.26 Å². The Bertz CT molecular complexity index is 617. The number of rotatable bonds is 2. The first-order chi connectivity index (χ1) is 8.70. The predicted octanol–water partition coefficient (Wildman–Crippen LogP) is 1.91. The van der Waals surface area contributed by atoms with Crippen molar-refractivity contribution in [2.45, 2.75) is 6.92 Å². The number of carbonyl (C=O) groups excluding carboxylic acids is 1. The van der Waals surface area contributed by atoms with Crippen molar-refractivity contribution in [3.63, 3.8) is 0 Å². The van der Waals surface area contributed by atoms with E-state index < -0.39 is 0 Å². The molecule has 0 aliphatic heterocycles. The fourth-order valence-electron chi connectivity index (χ4n) is 1.44. The van der Waals surface area contributed by atoms with Crippen molar-refractivity contribution in [1.82, 2.24) is 9.97 Å². The van der Waals surface area contributed by atoms with Crippen molar-refractivity contribution in [1.29, 1.82) is 5.26 Å².